The lowest BCUT2D eigenvalue weighted by Crippen LogP contribution is -2.29. The Morgan fingerprint density at radius 1 is 1.15 bits per heavy atom. The summed E-state index contributed by atoms with van der Waals surface area (Å²) < 4.78 is 31.7. The summed E-state index contributed by atoms with van der Waals surface area (Å²) in [5, 5.41) is 2.72. The van der Waals surface area contributed by atoms with Crippen LogP contribution in [0.25, 0.3) is 0 Å². The number of aryl methyl sites for hydroxylation is 1. The maximum absolute atomic E-state index is 12.1. The molecule has 0 aliphatic heterocycles. The molecule has 0 aliphatic carbocycles. The summed E-state index contributed by atoms with van der Waals surface area (Å²) in [5.41, 5.74) is 6.76. The number of hydrogen-bond donors (Lipinski definition) is 3. The minimum Gasteiger partial charge on any atom is -0.497 e. The third-order valence-electron chi connectivity index (χ3n) is 3.66. The van der Waals surface area contributed by atoms with Gasteiger partial charge in [0.25, 0.3) is 0 Å². The van der Waals surface area contributed by atoms with E-state index in [-0.39, 0.29) is 42.7 Å². The van der Waals surface area contributed by atoms with Gasteiger partial charge in [0.15, 0.2) is 0 Å². The molecule has 2 aromatic rings. The number of benzene rings is 2. The SMILES string of the molecule is COc1ccc(CCC(=O)Nc2cccc(S(=O)(=O)NCCN)c2)cc1.Cl. The maximum atomic E-state index is 12.1. The second kappa shape index (κ2) is 10.9. The van der Waals surface area contributed by atoms with Gasteiger partial charge in [-0.25, -0.2) is 13.1 Å². The zero-order valence-electron chi connectivity index (χ0n) is 15.0. The van der Waals surface area contributed by atoms with E-state index in [1.54, 1.807) is 19.2 Å². The van der Waals surface area contributed by atoms with Gasteiger partial charge in [0.05, 0.1) is 12.0 Å². The fourth-order valence-corrected chi connectivity index (χ4v) is 3.38. The number of amides is 1. The summed E-state index contributed by atoms with van der Waals surface area (Å²) in [7, 11) is -2.04. The molecule has 2 aromatic carbocycles. The van der Waals surface area contributed by atoms with Gasteiger partial charge in [-0.3, -0.25) is 4.79 Å². The molecule has 7 nitrogen and oxygen atoms in total. The topological polar surface area (TPSA) is 111 Å². The van der Waals surface area contributed by atoms with E-state index < -0.39 is 10.0 Å². The first-order valence-electron chi connectivity index (χ1n) is 8.17. The van der Waals surface area contributed by atoms with Crippen molar-refractivity contribution in [3.05, 3.63) is 54.1 Å². The van der Waals surface area contributed by atoms with Crippen molar-refractivity contribution in [3.8, 4) is 5.75 Å². The van der Waals surface area contributed by atoms with Gasteiger partial charge in [-0.2, -0.15) is 0 Å². The first kappa shape index (κ1) is 22.9. The van der Waals surface area contributed by atoms with E-state index in [4.69, 9.17) is 10.5 Å². The largest absolute Gasteiger partial charge is 0.497 e. The molecule has 27 heavy (non-hydrogen) atoms. The lowest BCUT2D eigenvalue weighted by Gasteiger charge is -2.09. The number of ether oxygens (including phenoxy) is 1. The van der Waals surface area contributed by atoms with Crippen LogP contribution in [0.15, 0.2) is 53.4 Å². The molecular weight excluding hydrogens is 390 g/mol. The molecule has 9 heteroatoms. The maximum Gasteiger partial charge on any atom is 0.240 e. The number of methoxy groups -OCH3 is 1. The standard InChI is InChI=1S/C18H23N3O4S.ClH/c1-25-16-8-5-14(6-9-16)7-10-18(22)21-15-3-2-4-17(13-15)26(23,24)20-12-11-19;/h2-6,8-9,13,20H,7,10-12,19H2,1H3,(H,21,22);1H. The summed E-state index contributed by atoms with van der Waals surface area (Å²) in [6.07, 6.45) is 0.862. The van der Waals surface area contributed by atoms with Crippen LogP contribution in [0, 0.1) is 0 Å². The molecule has 0 saturated carbocycles. The predicted octanol–water partition coefficient (Wildman–Crippen LogP) is 1.93. The van der Waals surface area contributed by atoms with Crippen LogP contribution in [0.1, 0.15) is 12.0 Å². The molecule has 0 aliphatic rings. The van der Waals surface area contributed by atoms with Crippen molar-refractivity contribution in [2.24, 2.45) is 5.73 Å². The van der Waals surface area contributed by atoms with Crippen molar-refractivity contribution < 1.29 is 17.9 Å². The predicted molar refractivity (Wildman–Crippen MR) is 108 cm³/mol. The van der Waals surface area contributed by atoms with Gasteiger partial charge < -0.3 is 15.8 Å². The van der Waals surface area contributed by atoms with E-state index in [0.717, 1.165) is 11.3 Å². The third-order valence-corrected chi connectivity index (χ3v) is 5.12. The van der Waals surface area contributed by atoms with Crippen LogP contribution in [0.5, 0.6) is 5.75 Å². The third kappa shape index (κ3) is 7.18. The molecule has 4 N–H and O–H groups in total. The van der Waals surface area contributed by atoms with Gasteiger partial charge in [0.2, 0.25) is 15.9 Å². The van der Waals surface area contributed by atoms with E-state index in [2.05, 4.69) is 10.0 Å². The van der Waals surface area contributed by atoms with E-state index in [0.29, 0.717) is 12.1 Å². The zero-order chi connectivity index (χ0) is 19.0. The quantitative estimate of drug-likeness (QED) is 0.581. The number of carbonyl (C=O) groups excluding carboxylic acids is 1. The van der Waals surface area contributed by atoms with Crippen LogP contribution in [0.3, 0.4) is 0 Å². The van der Waals surface area contributed by atoms with Crippen molar-refractivity contribution in [2.75, 3.05) is 25.5 Å². The van der Waals surface area contributed by atoms with Gasteiger partial charge >= 0.3 is 0 Å². The minimum atomic E-state index is -3.64. The number of nitrogens with one attached hydrogen (secondary N) is 2. The van der Waals surface area contributed by atoms with E-state index >= 15 is 0 Å². The van der Waals surface area contributed by atoms with Crippen LogP contribution >= 0.6 is 12.4 Å². The Labute approximate surface area is 165 Å². The van der Waals surface area contributed by atoms with Crippen LogP contribution < -0.4 is 20.5 Å². The Bertz CT molecular complexity index is 842. The summed E-state index contributed by atoms with van der Waals surface area (Å²) in [6, 6.07) is 13.6. The molecule has 0 heterocycles. The minimum absolute atomic E-state index is 0. The van der Waals surface area contributed by atoms with E-state index in [1.165, 1.54) is 12.1 Å². The van der Waals surface area contributed by atoms with Gasteiger partial charge in [0.1, 0.15) is 5.75 Å². The molecule has 0 spiro atoms. The molecule has 0 fully saturated rings. The number of nitrogens with two attached hydrogens (primary N) is 1. The number of halogens is 1. The normalized spacial score (nSPS) is 10.7. The average molecular weight is 414 g/mol. The lowest BCUT2D eigenvalue weighted by atomic mass is 10.1. The first-order chi connectivity index (χ1) is 12.4. The highest BCUT2D eigenvalue weighted by atomic mass is 35.5. The van der Waals surface area contributed by atoms with Crippen molar-refractivity contribution in [1.82, 2.24) is 4.72 Å². The summed E-state index contributed by atoms with van der Waals surface area (Å²) in [4.78, 5) is 12.2. The summed E-state index contributed by atoms with van der Waals surface area (Å²) in [6.45, 7) is 0.363. The highest BCUT2D eigenvalue weighted by Gasteiger charge is 2.14. The Balaban J connectivity index is 0.00000364. The molecule has 1 amide bonds. The monoisotopic (exact) mass is 413 g/mol. The highest BCUT2D eigenvalue weighted by Crippen LogP contribution is 2.16. The number of rotatable bonds is 9. The molecule has 2 rings (SSSR count). The number of anilines is 1. The van der Waals surface area contributed by atoms with Gasteiger partial charge in [-0.15, -0.1) is 12.4 Å². The fourth-order valence-electron chi connectivity index (χ4n) is 2.29. The Kier molecular flexibility index (Phi) is 9.23. The summed E-state index contributed by atoms with van der Waals surface area (Å²) in [5.74, 6) is 0.574. The molecular formula is C18H24ClN3O4S. The van der Waals surface area contributed by atoms with Gasteiger partial charge in [0, 0.05) is 25.2 Å². The fraction of sp³-hybridized carbons (Fsp3) is 0.278. The van der Waals surface area contributed by atoms with E-state index in [9.17, 15) is 13.2 Å². The summed E-state index contributed by atoms with van der Waals surface area (Å²) >= 11 is 0. The Morgan fingerprint density at radius 3 is 2.48 bits per heavy atom. The second-order valence-corrected chi connectivity index (χ2v) is 7.38. The molecule has 0 saturated heterocycles. The van der Waals surface area contributed by atoms with Crippen molar-refractivity contribution in [3.63, 3.8) is 0 Å². The van der Waals surface area contributed by atoms with Crippen molar-refractivity contribution in [2.45, 2.75) is 17.7 Å². The van der Waals surface area contributed by atoms with Gasteiger partial charge in [-0.1, -0.05) is 18.2 Å². The molecule has 0 unspecified atom stereocenters. The second-order valence-electron chi connectivity index (χ2n) is 5.61. The van der Waals surface area contributed by atoms with Crippen LogP contribution in [0.4, 0.5) is 5.69 Å². The molecule has 0 aromatic heterocycles. The van der Waals surface area contributed by atoms with Crippen LogP contribution in [0.2, 0.25) is 0 Å². The van der Waals surface area contributed by atoms with Crippen molar-refractivity contribution in [1.29, 1.82) is 0 Å². The molecule has 0 atom stereocenters. The number of sulfonamides is 1. The molecule has 0 radical (unpaired) electrons. The number of hydrogen-bond acceptors (Lipinski definition) is 5. The highest BCUT2D eigenvalue weighted by molar-refractivity contribution is 7.89. The molecule has 0 bridgehead atoms. The average Bonchev–Trinajstić information content (AvgIpc) is 2.65. The lowest BCUT2D eigenvalue weighted by molar-refractivity contribution is -0.116. The van der Waals surface area contributed by atoms with Crippen LogP contribution in [-0.4, -0.2) is 34.5 Å². The first-order valence-corrected chi connectivity index (χ1v) is 9.65. The van der Waals surface area contributed by atoms with Gasteiger partial charge in [-0.05, 0) is 42.3 Å². The zero-order valence-corrected chi connectivity index (χ0v) is 16.6. The number of carbonyl (C=O) groups is 1. The smallest absolute Gasteiger partial charge is 0.240 e. The Hall–Kier alpha value is -2.13. The molecule has 148 valence electrons. The van der Waals surface area contributed by atoms with Crippen molar-refractivity contribution >= 4 is 34.0 Å². The van der Waals surface area contributed by atoms with Crippen LogP contribution in [-0.2, 0) is 21.2 Å². The van der Waals surface area contributed by atoms with E-state index in [1.807, 2.05) is 24.3 Å². The Morgan fingerprint density at radius 2 is 1.85 bits per heavy atom.